The number of nitrogens with one attached hydrogen (secondary N) is 2. The van der Waals surface area contributed by atoms with Gasteiger partial charge in [0.05, 0.1) is 6.04 Å². The Morgan fingerprint density at radius 1 is 1.38 bits per heavy atom. The molecule has 0 aromatic heterocycles. The molecule has 2 amide bonds. The van der Waals surface area contributed by atoms with Crippen molar-refractivity contribution < 1.29 is 9.59 Å². The average Bonchev–Trinajstić information content (AvgIpc) is 2.80. The van der Waals surface area contributed by atoms with Crippen LogP contribution in [-0.2, 0) is 9.59 Å². The van der Waals surface area contributed by atoms with E-state index in [4.69, 9.17) is 0 Å². The van der Waals surface area contributed by atoms with Crippen LogP contribution >= 0.6 is 0 Å². The number of amides is 2. The van der Waals surface area contributed by atoms with E-state index in [2.05, 4.69) is 10.6 Å². The van der Waals surface area contributed by atoms with Crippen LogP contribution in [0.5, 0.6) is 0 Å². The molecule has 1 aromatic rings. The number of carbonyl (C=O) groups is 2. The average molecular weight is 287 g/mol. The summed E-state index contributed by atoms with van der Waals surface area (Å²) in [6.07, 6.45) is 2.17. The van der Waals surface area contributed by atoms with Crippen molar-refractivity contribution in [2.75, 3.05) is 14.1 Å². The molecule has 2 rings (SSSR count). The van der Waals surface area contributed by atoms with Gasteiger partial charge in [-0.3, -0.25) is 9.59 Å². The van der Waals surface area contributed by atoms with Crippen LogP contribution in [0.25, 0.3) is 0 Å². The third-order valence-electron chi connectivity index (χ3n) is 3.41. The van der Waals surface area contributed by atoms with Gasteiger partial charge in [0.15, 0.2) is 0 Å². The molecule has 1 saturated heterocycles. The van der Waals surface area contributed by atoms with Gasteiger partial charge in [-0.1, -0.05) is 30.3 Å². The Balaban J connectivity index is 1.97. The van der Waals surface area contributed by atoms with Gasteiger partial charge in [-0.15, -0.1) is 0 Å². The van der Waals surface area contributed by atoms with E-state index < -0.39 is 6.04 Å². The Morgan fingerprint density at radius 2 is 2.05 bits per heavy atom. The molecule has 5 nitrogen and oxygen atoms in total. The van der Waals surface area contributed by atoms with E-state index in [-0.39, 0.29) is 17.9 Å². The van der Waals surface area contributed by atoms with Crippen LogP contribution in [0.3, 0.4) is 0 Å². The minimum Gasteiger partial charge on any atom is -0.383 e. The molecule has 1 fully saturated rings. The van der Waals surface area contributed by atoms with E-state index in [0.717, 1.165) is 5.56 Å². The Hall–Kier alpha value is -2.30. The summed E-state index contributed by atoms with van der Waals surface area (Å²) < 4.78 is 0. The minimum atomic E-state index is -0.491. The predicted octanol–water partition coefficient (Wildman–Crippen LogP) is 1.20. The van der Waals surface area contributed by atoms with E-state index in [0.29, 0.717) is 12.0 Å². The lowest BCUT2D eigenvalue weighted by molar-refractivity contribution is -0.125. The number of benzene rings is 1. The van der Waals surface area contributed by atoms with Gasteiger partial charge in [-0.25, -0.2) is 0 Å². The highest BCUT2D eigenvalue weighted by Crippen LogP contribution is 2.17. The summed E-state index contributed by atoms with van der Waals surface area (Å²) in [6, 6.07) is 9.17. The van der Waals surface area contributed by atoms with E-state index in [1.807, 2.05) is 56.3 Å². The van der Waals surface area contributed by atoms with Crippen LogP contribution in [0.15, 0.2) is 42.1 Å². The zero-order valence-electron chi connectivity index (χ0n) is 12.6. The molecule has 2 N–H and O–H groups in total. The highest BCUT2D eigenvalue weighted by Gasteiger charge is 2.32. The molecule has 0 bridgehead atoms. The molecule has 21 heavy (non-hydrogen) atoms. The van der Waals surface area contributed by atoms with Crippen molar-refractivity contribution in [2.24, 2.45) is 0 Å². The standard InChI is InChI=1S/C16H21N3O2/c1-11(12-7-5-4-6-8-12)17-16(21)14-9-13(10-19(2)3)15(20)18-14/h4-8,10-11,14H,9H2,1-3H3,(H,17,21)(H,18,20)/b13-10+/t11-,14?/m1/s1. The van der Waals surface area contributed by atoms with Crippen LogP contribution < -0.4 is 10.6 Å². The lowest BCUT2D eigenvalue weighted by atomic mass is 10.1. The van der Waals surface area contributed by atoms with Crippen LogP contribution in [-0.4, -0.2) is 36.9 Å². The largest absolute Gasteiger partial charge is 0.383 e. The Labute approximate surface area is 125 Å². The van der Waals surface area contributed by atoms with Crippen molar-refractivity contribution >= 4 is 11.8 Å². The predicted molar refractivity (Wildman–Crippen MR) is 81.3 cm³/mol. The fraction of sp³-hybridized carbons (Fsp3) is 0.375. The molecule has 1 heterocycles. The summed E-state index contributed by atoms with van der Waals surface area (Å²) in [5.41, 5.74) is 1.67. The zero-order valence-corrected chi connectivity index (χ0v) is 12.6. The molecule has 0 aliphatic carbocycles. The van der Waals surface area contributed by atoms with E-state index in [1.165, 1.54) is 0 Å². The number of hydrogen-bond acceptors (Lipinski definition) is 3. The molecular formula is C16H21N3O2. The van der Waals surface area contributed by atoms with Gasteiger partial charge >= 0.3 is 0 Å². The Bertz CT molecular complexity index is 552. The maximum absolute atomic E-state index is 12.2. The summed E-state index contributed by atoms with van der Waals surface area (Å²) in [7, 11) is 3.70. The fourth-order valence-electron chi connectivity index (χ4n) is 2.33. The Kier molecular flexibility index (Phi) is 4.62. The molecule has 0 radical (unpaired) electrons. The summed E-state index contributed by atoms with van der Waals surface area (Å²) in [5.74, 6) is -0.321. The second-order valence-electron chi connectivity index (χ2n) is 5.49. The molecule has 112 valence electrons. The van der Waals surface area contributed by atoms with Gasteiger partial charge in [-0.05, 0) is 12.5 Å². The summed E-state index contributed by atoms with van der Waals surface area (Å²) in [5, 5.41) is 5.66. The molecule has 0 saturated carbocycles. The van der Waals surface area contributed by atoms with Crippen molar-refractivity contribution in [3.05, 3.63) is 47.7 Å². The quantitative estimate of drug-likeness (QED) is 0.818. The van der Waals surface area contributed by atoms with Crippen LogP contribution in [0, 0.1) is 0 Å². The van der Waals surface area contributed by atoms with E-state index >= 15 is 0 Å². The lowest BCUT2D eigenvalue weighted by Crippen LogP contribution is -2.42. The van der Waals surface area contributed by atoms with Gasteiger partial charge in [0.2, 0.25) is 11.8 Å². The normalized spacial score (nSPS) is 21.0. The van der Waals surface area contributed by atoms with Crippen LogP contribution in [0.4, 0.5) is 0 Å². The van der Waals surface area contributed by atoms with Crippen molar-refractivity contribution in [3.63, 3.8) is 0 Å². The molecule has 1 aliphatic heterocycles. The van der Waals surface area contributed by atoms with Gasteiger partial charge in [0.1, 0.15) is 6.04 Å². The van der Waals surface area contributed by atoms with Crippen molar-refractivity contribution in [1.29, 1.82) is 0 Å². The molecule has 1 aliphatic rings. The zero-order chi connectivity index (χ0) is 15.4. The van der Waals surface area contributed by atoms with E-state index in [9.17, 15) is 9.59 Å². The molecule has 1 aromatic carbocycles. The first-order valence-corrected chi connectivity index (χ1v) is 7.00. The van der Waals surface area contributed by atoms with Gasteiger partial charge in [0, 0.05) is 32.3 Å². The fourth-order valence-corrected chi connectivity index (χ4v) is 2.33. The third kappa shape index (κ3) is 3.84. The summed E-state index contributed by atoms with van der Waals surface area (Å²) in [6.45, 7) is 1.93. The van der Waals surface area contributed by atoms with E-state index in [1.54, 1.807) is 6.20 Å². The lowest BCUT2D eigenvalue weighted by Gasteiger charge is -2.17. The Morgan fingerprint density at radius 3 is 2.67 bits per heavy atom. The number of nitrogens with zero attached hydrogens (tertiary/aromatic N) is 1. The molecule has 2 atom stereocenters. The minimum absolute atomic E-state index is 0.0857. The highest BCUT2D eigenvalue weighted by atomic mass is 16.2. The van der Waals surface area contributed by atoms with Crippen molar-refractivity contribution in [1.82, 2.24) is 15.5 Å². The highest BCUT2D eigenvalue weighted by molar-refractivity contribution is 6.01. The van der Waals surface area contributed by atoms with Gasteiger partial charge in [0.25, 0.3) is 0 Å². The molecule has 0 spiro atoms. The van der Waals surface area contributed by atoms with Crippen LogP contribution in [0.2, 0.25) is 0 Å². The van der Waals surface area contributed by atoms with Crippen LogP contribution in [0.1, 0.15) is 24.9 Å². The first-order valence-electron chi connectivity index (χ1n) is 7.00. The monoisotopic (exact) mass is 287 g/mol. The smallest absolute Gasteiger partial charge is 0.249 e. The maximum Gasteiger partial charge on any atom is 0.249 e. The first-order chi connectivity index (χ1) is 9.97. The second-order valence-corrected chi connectivity index (χ2v) is 5.49. The second kappa shape index (κ2) is 6.43. The van der Waals surface area contributed by atoms with Crippen molar-refractivity contribution in [3.8, 4) is 0 Å². The third-order valence-corrected chi connectivity index (χ3v) is 3.41. The van der Waals surface area contributed by atoms with Gasteiger partial charge < -0.3 is 15.5 Å². The molecule has 5 heteroatoms. The SMILES string of the molecule is C[C@@H](NC(=O)C1C/C(=C\N(C)C)C(=O)N1)c1ccccc1. The number of rotatable bonds is 4. The van der Waals surface area contributed by atoms with Gasteiger partial charge in [-0.2, -0.15) is 0 Å². The number of hydrogen-bond donors (Lipinski definition) is 2. The number of carbonyl (C=O) groups excluding carboxylic acids is 2. The molecular weight excluding hydrogens is 266 g/mol. The first kappa shape index (κ1) is 15.1. The summed E-state index contributed by atoms with van der Waals surface area (Å²) >= 11 is 0. The topological polar surface area (TPSA) is 61.4 Å². The molecule has 1 unspecified atom stereocenters. The maximum atomic E-state index is 12.2. The summed E-state index contributed by atoms with van der Waals surface area (Å²) in [4.78, 5) is 25.8. The van der Waals surface area contributed by atoms with Crippen molar-refractivity contribution in [2.45, 2.75) is 25.4 Å².